The topological polar surface area (TPSA) is 56.7 Å². The Morgan fingerprint density at radius 2 is 1.39 bits per heavy atom. The van der Waals surface area contributed by atoms with Crippen LogP contribution in [0, 0.1) is 12.1 Å². The second kappa shape index (κ2) is 16.4. The van der Waals surface area contributed by atoms with E-state index in [1.807, 2.05) is 79.1 Å². The molecular formula is C51H46IrN4O-2. The van der Waals surface area contributed by atoms with E-state index in [2.05, 4.69) is 131 Å². The third-order valence-corrected chi connectivity index (χ3v) is 10.3. The van der Waals surface area contributed by atoms with Gasteiger partial charge in [-0.05, 0) is 58.0 Å². The van der Waals surface area contributed by atoms with Crippen LogP contribution in [0.3, 0.4) is 0 Å². The van der Waals surface area contributed by atoms with Crippen molar-refractivity contribution in [1.29, 1.82) is 0 Å². The maximum Gasteiger partial charge on any atom is 0.120 e. The fraction of sp³-hybridized carbons (Fsp3) is 0.196. The fourth-order valence-corrected chi connectivity index (χ4v) is 7.35. The minimum atomic E-state index is -0.0905. The first-order chi connectivity index (χ1) is 27.1. The maximum atomic E-state index is 6.46. The Bertz CT molecular complexity index is 2710. The normalized spacial score (nSPS) is 11.6. The molecule has 5 aromatic carbocycles. The molecule has 0 amide bonds. The van der Waals surface area contributed by atoms with Crippen LogP contribution in [0.1, 0.15) is 77.1 Å². The molecule has 9 aromatic rings. The Labute approximate surface area is 349 Å². The fourth-order valence-electron chi connectivity index (χ4n) is 7.35. The summed E-state index contributed by atoms with van der Waals surface area (Å²) in [4.78, 5) is 14.4. The van der Waals surface area contributed by atoms with Crippen molar-refractivity contribution in [3.63, 3.8) is 0 Å². The predicted molar refractivity (Wildman–Crippen MR) is 231 cm³/mol. The van der Waals surface area contributed by atoms with Crippen LogP contribution in [0.5, 0.6) is 0 Å². The summed E-state index contributed by atoms with van der Waals surface area (Å²) in [6.07, 6.45) is 3.76. The molecule has 0 saturated heterocycles. The first-order valence-electron chi connectivity index (χ1n) is 19.4. The van der Waals surface area contributed by atoms with E-state index in [9.17, 15) is 0 Å². The average Bonchev–Trinajstić information content (AvgIpc) is 3.79. The van der Waals surface area contributed by atoms with E-state index in [0.29, 0.717) is 11.8 Å². The van der Waals surface area contributed by atoms with Crippen LogP contribution in [0.2, 0.25) is 0 Å². The van der Waals surface area contributed by atoms with Crippen LogP contribution in [0.4, 0.5) is 0 Å². The number of nitrogens with zero attached hydrogens (tertiary/aromatic N) is 4. The predicted octanol–water partition coefficient (Wildman–Crippen LogP) is 13.5. The molecule has 0 aliphatic carbocycles. The zero-order valence-corrected chi connectivity index (χ0v) is 35.9. The van der Waals surface area contributed by atoms with Crippen molar-refractivity contribution in [1.82, 2.24) is 19.5 Å². The van der Waals surface area contributed by atoms with Gasteiger partial charge in [0.15, 0.2) is 0 Å². The smallest absolute Gasteiger partial charge is 0.120 e. The number of pyridine rings is 2. The maximum absolute atomic E-state index is 6.46. The molecule has 5 nitrogen and oxygen atoms in total. The summed E-state index contributed by atoms with van der Waals surface area (Å²) in [7, 11) is 0. The van der Waals surface area contributed by atoms with Gasteiger partial charge in [-0.15, -0.1) is 54.1 Å². The number of hydrogen-bond acceptors (Lipinski definition) is 4. The second-order valence-corrected chi connectivity index (χ2v) is 15.9. The molecule has 57 heavy (non-hydrogen) atoms. The molecule has 1 radical (unpaired) electrons. The summed E-state index contributed by atoms with van der Waals surface area (Å²) < 4.78 is 8.80. The molecule has 0 aliphatic heterocycles. The summed E-state index contributed by atoms with van der Waals surface area (Å²) in [6.45, 7) is 15.6. The molecule has 0 saturated carbocycles. The van der Waals surface area contributed by atoms with Crippen LogP contribution >= 0.6 is 0 Å². The number of benzene rings is 5. The van der Waals surface area contributed by atoms with Crippen LogP contribution in [0.25, 0.3) is 72.4 Å². The van der Waals surface area contributed by atoms with E-state index >= 15 is 0 Å². The third kappa shape index (κ3) is 7.85. The van der Waals surface area contributed by atoms with Crippen molar-refractivity contribution in [3.05, 3.63) is 169 Å². The summed E-state index contributed by atoms with van der Waals surface area (Å²) in [5.41, 5.74) is 13.6. The van der Waals surface area contributed by atoms with Crippen molar-refractivity contribution < 1.29 is 24.5 Å². The molecule has 4 heterocycles. The minimum Gasteiger partial charge on any atom is -0.501 e. The number of imidazole rings is 1. The molecule has 0 N–H and O–H groups in total. The zero-order valence-electron chi connectivity index (χ0n) is 33.5. The summed E-state index contributed by atoms with van der Waals surface area (Å²) in [5.74, 6) is 1.50. The molecular weight excluding hydrogens is 877 g/mol. The van der Waals surface area contributed by atoms with Gasteiger partial charge in [-0.3, -0.25) is 9.97 Å². The molecule has 9 rings (SSSR count). The van der Waals surface area contributed by atoms with Crippen LogP contribution in [-0.4, -0.2) is 19.5 Å². The Morgan fingerprint density at radius 1 is 0.667 bits per heavy atom. The number of fused-ring (bicyclic) bond motifs is 4. The first-order valence-corrected chi connectivity index (χ1v) is 19.4. The Morgan fingerprint density at radius 3 is 2.09 bits per heavy atom. The standard InChI is InChI=1S/C34H34N3O.C17H12N.Ir/c1-20(2)22-13-10-14-23(21(3)4)31(22)37-28-18-30(34(5,6)7)35-19-27(28)36-33(37)26-16-11-15-25-24-12-8-9-17-29(24)38-32(25)26;1-3-7-14(8-4-1)16-11-12-18-17(13-16)15-9-5-2-6-10-15;/h8-15,17-21H,1-7H3;1-9,11-13H;/q2*-1;. The van der Waals surface area contributed by atoms with Crippen molar-refractivity contribution in [2.45, 2.75) is 65.7 Å². The number of aromatic nitrogens is 4. The van der Waals surface area contributed by atoms with E-state index < -0.39 is 0 Å². The van der Waals surface area contributed by atoms with Gasteiger partial charge in [0.05, 0.1) is 28.6 Å². The van der Waals surface area contributed by atoms with Gasteiger partial charge in [0.2, 0.25) is 0 Å². The molecule has 4 aromatic heterocycles. The first kappa shape index (κ1) is 39.6. The molecule has 0 bridgehead atoms. The molecule has 0 fully saturated rings. The second-order valence-electron chi connectivity index (χ2n) is 15.9. The van der Waals surface area contributed by atoms with Crippen molar-refractivity contribution >= 4 is 33.0 Å². The SMILES string of the molecule is CC(C)c1cccc(C(C)C)c1-n1c(-c2[c-]ccc3c2oc2ccccc23)nc2cnc(C(C)(C)C)cc21.[Ir].[c-]1ccccc1-c1cc(-c2ccccc2)ccn1. The van der Waals surface area contributed by atoms with E-state index in [4.69, 9.17) is 14.4 Å². The molecule has 0 unspecified atom stereocenters. The summed E-state index contributed by atoms with van der Waals surface area (Å²) in [6, 6.07) is 50.2. The largest absolute Gasteiger partial charge is 0.501 e. The number of para-hydroxylation sites is 2. The quantitative estimate of drug-likeness (QED) is 0.156. The van der Waals surface area contributed by atoms with Gasteiger partial charge in [-0.25, -0.2) is 0 Å². The van der Waals surface area contributed by atoms with Gasteiger partial charge < -0.3 is 14.0 Å². The molecule has 0 spiro atoms. The van der Waals surface area contributed by atoms with Gasteiger partial charge in [0.1, 0.15) is 5.58 Å². The van der Waals surface area contributed by atoms with Crippen LogP contribution in [0.15, 0.2) is 144 Å². The molecule has 0 aliphatic rings. The van der Waals surface area contributed by atoms with Crippen molar-refractivity contribution in [2.24, 2.45) is 0 Å². The zero-order chi connectivity index (χ0) is 39.0. The average molecular weight is 923 g/mol. The van der Waals surface area contributed by atoms with Gasteiger partial charge >= 0.3 is 0 Å². The third-order valence-electron chi connectivity index (χ3n) is 10.3. The van der Waals surface area contributed by atoms with Crippen LogP contribution in [-0.2, 0) is 25.5 Å². The van der Waals surface area contributed by atoms with Gasteiger partial charge in [0, 0.05) is 48.5 Å². The van der Waals surface area contributed by atoms with Crippen molar-refractivity contribution in [2.75, 3.05) is 0 Å². The Kier molecular flexibility index (Phi) is 11.4. The molecule has 6 heteroatoms. The summed E-state index contributed by atoms with van der Waals surface area (Å²) in [5, 5.41) is 2.17. The number of rotatable bonds is 6. The van der Waals surface area contributed by atoms with Gasteiger partial charge in [-0.1, -0.05) is 132 Å². The summed E-state index contributed by atoms with van der Waals surface area (Å²) >= 11 is 0. The Balaban J connectivity index is 0.000000219. The Hall–Kier alpha value is -5.68. The van der Waals surface area contributed by atoms with Gasteiger partial charge in [0.25, 0.3) is 0 Å². The van der Waals surface area contributed by atoms with Gasteiger partial charge in [-0.2, -0.15) is 0 Å². The van der Waals surface area contributed by atoms with E-state index in [1.165, 1.54) is 27.9 Å². The van der Waals surface area contributed by atoms with E-state index in [1.54, 1.807) is 0 Å². The minimum absolute atomic E-state index is 0. The molecule has 0 atom stereocenters. The molecule has 287 valence electrons. The number of furan rings is 1. The monoisotopic (exact) mass is 923 g/mol. The van der Waals surface area contributed by atoms with Crippen molar-refractivity contribution in [3.8, 4) is 39.5 Å². The number of hydrogen-bond donors (Lipinski definition) is 0. The van der Waals surface area contributed by atoms with E-state index in [-0.39, 0.29) is 25.5 Å². The van der Waals surface area contributed by atoms with E-state index in [0.717, 1.165) is 61.3 Å². The van der Waals surface area contributed by atoms with Crippen LogP contribution < -0.4 is 0 Å².